The topological polar surface area (TPSA) is 101 Å². The van der Waals surface area contributed by atoms with Gasteiger partial charge in [0, 0.05) is 38.3 Å². The molecule has 8 nitrogen and oxygen atoms in total. The first-order valence-corrected chi connectivity index (χ1v) is 9.34. The Kier molecular flexibility index (Phi) is 4.22. The first kappa shape index (κ1) is 16.7. The van der Waals surface area contributed by atoms with Crippen LogP contribution in [0.4, 0.5) is 5.69 Å². The third-order valence-electron chi connectivity index (χ3n) is 4.23. The maximum absolute atomic E-state index is 12.1. The van der Waals surface area contributed by atoms with Gasteiger partial charge in [0.05, 0.1) is 23.7 Å². The standard InChI is InChI=1S/C15H21N5O3S/c1-11(2)15(21)19-5-3-18(4-6-19)13-7-12(24(16,22)23)9-20-10-17-8-14(13)20/h7-11H,3-6H2,1-2H3,(H2,16,22,23). The van der Waals surface area contributed by atoms with E-state index in [-0.39, 0.29) is 16.7 Å². The molecule has 2 N–H and O–H groups in total. The van der Waals surface area contributed by atoms with Crippen LogP contribution in [-0.2, 0) is 14.8 Å². The zero-order chi connectivity index (χ0) is 17.5. The molecule has 3 heterocycles. The Labute approximate surface area is 140 Å². The summed E-state index contributed by atoms with van der Waals surface area (Å²) < 4.78 is 25.1. The van der Waals surface area contributed by atoms with E-state index in [1.54, 1.807) is 23.0 Å². The van der Waals surface area contributed by atoms with Gasteiger partial charge in [0.15, 0.2) is 0 Å². The highest BCUT2D eigenvalue weighted by molar-refractivity contribution is 7.89. The van der Waals surface area contributed by atoms with E-state index in [0.717, 1.165) is 11.2 Å². The third-order valence-corrected chi connectivity index (χ3v) is 5.11. The first-order chi connectivity index (χ1) is 11.3. The van der Waals surface area contributed by atoms with Gasteiger partial charge in [-0.15, -0.1) is 0 Å². The fraction of sp³-hybridized carbons (Fsp3) is 0.467. The second kappa shape index (κ2) is 6.06. The minimum absolute atomic E-state index is 0.0243. The lowest BCUT2D eigenvalue weighted by atomic mass is 10.1. The highest BCUT2D eigenvalue weighted by Crippen LogP contribution is 2.26. The average Bonchev–Trinajstić information content (AvgIpc) is 3.01. The van der Waals surface area contributed by atoms with Crippen LogP contribution >= 0.6 is 0 Å². The van der Waals surface area contributed by atoms with E-state index in [1.165, 1.54) is 6.20 Å². The fourth-order valence-electron chi connectivity index (χ4n) is 2.93. The summed E-state index contributed by atoms with van der Waals surface area (Å²) in [6, 6.07) is 1.58. The van der Waals surface area contributed by atoms with E-state index in [9.17, 15) is 13.2 Å². The first-order valence-electron chi connectivity index (χ1n) is 7.79. The Morgan fingerprint density at radius 1 is 1.25 bits per heavy atom. The number of piperazine rings is 1. The van der Waals surface area contributed by atoms with Gasteiger partial charge in [-0.3, -0.25) is 4.79 Å². The van der Waals surface area contributed by atoms with Crippen molar-refractivity contribution in [3.63, 3.8) is 0 Å². The number of hydrogen-bond acceptors (Lipinski definition) is 5. The fourth-order valence-corrected chi connectivity index (χ4v) is 3.47. The molecule has 2 aromatic rings. The summed E-state index contributed by atoms with van der Waals surface area (Å²) in [5.41, 5.74) is 1.57. The van der Waals surface area contributed by atoms with Crippen LogP contribution in [0.25, 0.3) is 5.52 Å². The van der Waals surface area contributed by atoms with Crippen LogP contribution in [0, 0.1) is 5.92 Å². The van der Waals surface area contributed by atoms with Gasteiger partial charge in [0.1, 0.15) is 4.90 Å². The summed E-state index contributed by atoms with van der Waals surface area (Å²) in [6.07, 6.45) is 4.69. The van der Waals surface area contributed by atoms with Gasteiger partial charge in [-0.25, -0.2) is 18.5 Å². The number of hydrogen-bond donors (Lipinski definition) is 1. The Morgan fingerprint density at radius 2 is 1.92 bits per heavy atom. The lowest BCUT2D eigenvalue weighted by Gasteiger charge is -2.37. The molecule has 3 rings (SSSR count). The maximum Gasteiger partial charge on any atom is 0.239 e. The number of anilines is 1. The van der Waals surface area contributed by atoms with Crippen LogP contribution in [-0.4, -0.2) is 54.8 Å². The number of carbonyl (C=O) groups excluding carboxylic acids is 1. The Balaban J connectivity index is 1.90. The predicted molar refractivity (Wildman–Crippen MR) is 90.2 cm³/mol. The van der Waals surface area contributed by atoms with Gasteiger partial charge in [0.25, 0.3) is 0 Å². The summed E-state index contributed by atoms with van der Waals surface area (Å²) in [4.78, 5) is 20.1. The molecule has 0 radical (unpaired) electrons. The second-order valence-electron chi connectivity index (χ2n) is 6.26. The van der Waals surface area contributed by atoms with E-state index in [0.29, 0.717) is 26.2 Å². The van der Waals surface area contributed by atoms with Crippen molar-refractivity contribution in [3.05, 3.63) is 24.8 Å². The summed E-state index contributed by atoms with van der Waals surface area (Å²) in [7, 11) is -3.81. The summed E-state index contributed by atoms with van der Waals surface area (Å²) in [6.45, 7) is 6.26. The molecular weight excluding hydrogens is 330 g/mol. The molecule has 0 bridgehead atoms. The molecule has 1 amide bonds. The highest BCUT2D eigenvalue weighted by atomic mass is 32.2. The molecule has 0 atom stereocenters. The quantitative estimate of drug-likeness (QED) is 0.856. The van der Waals surface area contributed by atoms with Crippen molar-refractivity contribution in [1.29, 1.82) is 0 Å². The van der Waals surface area contributed by atoms with Crippen molar-refractivity contribution >= 4 is 27.1 Å². The highest BCUT2D eigenvalue weighted by Gasteiger charge is 2.25. The molecule has 0 aromatic carbocycles. The lowest BCUT2D eigenvalue weighted by molar-refractivity contribution is -0.134. The van der Waals surface area contributed by atoms with Gasteiger partial charge >= 0.3 is 0 Å². The molecule has 130 valence electrons. The summed E-state index contributed by atoms with van der Waals surface area (Å²) in [5.74, 6) is 0.117. The third kappa shape index (κ3) is 3.09. The molecule has 1 saturated heterocycles. The van der Waals surface area contributed by atoms with Crippen molar-refractivity contribution in [2.75, 3.05) is 31.1 Å². The molecule has 0 unspecified atom stereocenters. The van der Waals surface area contributed by atoms with Crippen molar-refractivity contribution < 1.29 is 13.2 Å². The molecule has 1 aliphatic rings. The molecular formula is C15H21N5O3S. The number of rotatable bonds is 3. The van der Waals surface area contributed by atoms with Gasteiger partial charge in [-0.2, -0.15) is 0 Å². The number of fused-ring (bicyclic) bond motifs is 1. The SMILES string of the molecule is CC(C)C(=O)N1CCN(c2cc(S(N)(=O)=O)cn3cncc23)CC1. The van der Waals surface area contributed by atoms with Crippen molar-refractivity contribution in [2.45, 2.75) is 18.7 Å². The molecule has 2 aromatic heterocycles. The molecule has 24 heavy (non-hydrogen) atoms. The normalized spacial score (nSPS) is 16.2. The minimum atomic E-state index is -3.81. The van der Waals surface area contributed by atoms with Gasteiger partial charge < -0.3 is 14.2 Å². The minimum Gasteiger partial charge on any atom is -0.366 e. The van der Waals surface area contributed by atoms with Crippen molar-refractivity contribution in [2.24, 2.45) is 11.1 Å². The number of primary sulfonamides is 1. The second-order valence-corrected chi connectivity index (χ2v) is 7.82. The van der Waals surface area contributed by atoms with Crippen LogP contribution in [0.2, 0.25) is 0 Å². The zero-order valence-electron chi connectivity index (χ0n) is 13.7. The van der Waals surface area contributed by atoms with Gasteiger partial charge in [-0.1, -0.05) is 13.8 Å². The number of pyridine rings is 1. The largest absolute Gasteiger partial charge is 0.366 e. The molecule has 0 saturated carbocycles. The van der Waals surface area contributed by atoms with Crippen molar-refractivity contribution in [1.82, 2.24) is 14.3 Å². The Morgan fingerprint density at radius 3 is 2.50 bits per heavy atom. The van der Waals surface area contributed by atoms with Crippen LogP contribution in [0.1, 0.15) is 13.8 Å². The van der Waals surface area contributed by atoms with Crippen molar-refractivity contribution in [3.8, 4) is 0 Å². The smallest absolute Gasteiger partial charge is 0.239 e. The van der Waals surface area contributed by atoms with E-state index in [2.05, 4.69) is 9.88 Å². The van der Waals surface area contributed by atoms with Gasteiger partial charge in [0.2, 0.25) is 15.9 Å². The lowest BCUT2D eigenvalue weighted by Crippen LogP contribution is -2.50. The molecule has 1 aliphatic heterocycles. The van der Waals surface area contributed by atoms with E-state index in [1.807, 2.05) is 18.7 Å². The van der Waals surface area contributed by atoms with E-state index in [4.69, 9.17) is 5.14 Å². The number of imidazole rings is 1. The van der Waals surface area contributed by atoms with Crippen LogP contribution in [0.5, 0.6) is 0 Å². The van der Waals surface area contributed by atoms with Crippen LogP contribution in [0.3, 0.4) is 0 Å². The monoisotopic (exact) mass is 351 g/mol. The average molecular weight is 351 g/mol. The van der Waals surface area contributed by atoms with E-state index >= 15 is 0 Å². The Bertz CT molecular complexity index is 866. The number of nitrogens with zero attached hydrogens (tertiary/aromatic N) is 4. The van der Waals surface area contributed by atoms with Gasteiger partial charge in [-0.05, 0) is 6.07 Å². The summed E-state index contributed by atoms with van der Waals surface area (Å²) in [5, 5.41) is 5.28. The number of nitrogens with two attached hydrogens (primary N) is 1. The van der Waals surface area contributed by atoms with Crippen LogP contribution in [0.15, 0.2) is 29.7 Å². The predicted octanol–water partition coefficient (Wildman–Crippen LogP) is 0.286. The zero-order valence-corrected chi connectivity index (χ0v) is 14.5. The Hall–Kier alpha value is -2.13. The maximum atomic E-state index is 12.1. The number of amides is 1. The number of carbonyl (C=O) groups is 1. The van der Waals surface area contributed by atoms with E-state index < -0.39 is 10.0 Å². The number of aromatic nitrogens is 2. The molecule has 9 heteroatoms. The molecule has 1 fully saturated rings. The number of sulfonamides is 1. The summed E-state index contributed by atoms with van der Waals surface area (Å²) >= 11 is 0. The molecule has 0 aliphatic carbocycles. The van der Waals surface area contributed by atoms with Crippen LogP contribution < -0.4 is 10.0 Å². The molecule has 0 spiro atoms.